The SMILES string of the molecule is O=C(N[C@@H]1CS(=O)(=O)C[C@H]1NC(=O)c1ccc(=O)[nH]c1)c1ccc(F)cc1. The summed E-state index contributed by atoms with van der Waals surface area (Å²) in [5, 5.41) is 5.14. The highest BCUT2D eigenvalue weighted by Crippen LogP contribution is 2.15. The minimum Gasteiger partial charge on any atom is -0.346 e. The molecule has 0 radical (unpaired) electrons. The van der Waals surface area contributed by atoms with Crippen molar-refractivity contribution in [2.45, 2.75) is 12.1 Å². The number of halogens is 1. The normalized spacial score (nSPS) is 20.8. The van der Waals surface area contributed by atoms with E-state index in [9.17, 15) is 27.2 Å². The fraction of sp³-hybridized carbons (Fsp3) is 0.235. The summed E-state index contributed by atoms with van der Waals surface area (Å²) >= 11 is 0. The molecule has 10 heteroatoms. The van der Waals surface area contributed by atoms with Crippen LogP contribution >= 0.6 is 0 Å². The Balaban J connectivity index is 1.73. The first kappa shape index (κ1) is 18.8. The van der Waals surface area contributed by atoms with Gasteiger partial charge in [0.2, 0.25) is 5.56 Å². The van der Waals surface area contributed by atoms with Gasteiger partial charge >= 0.3 is 0 Å². The van der Waals surface area contributed by atoms with E-state index in [4.69, 9.17) is 0 Å². The fourth-order valence-corrected chi connectivity index (χ4v) is 4.65. The predicted octanol–water partition coefficient (Wildman–Crippen LogP) is -0.161. The topological polar surface area (TPSA) is 125 Å². The number of pyridine rings is 1. The molecule has 1 aliphatic rings. The van der Waals surface area contributed by atoms with Crippen LogP contribution in [-0.4, -0.2) is 48.8 Å². The van der Waals surface area contributed by atoms with Gasteiger partial charge in [-0.05, 0) is 30.3 Å². The molecule has 0 unspecified atom stereocenters. The van der Waals surface area contributed by atoms with Crippen molar-refractivity contribution >= 4 is 21.7 Å². The van der Waals surface area contributed by atoms with E-state index in [1.54, 1.807) is 0 Å². The summed E-state index contributed by atoms with van der Waals surface area (Å²) in [5.41, 5.74) is -0.0478. The molecule has 0 spiro atoms. The van der Waals surface area contributed by atoms with Gasteiger partial charge in [-0.15, -0.1) is 0 Å². The van der Waals surface area contributed by atoms with Crippen LogP contribution < -0.4 is 16.2 Å². The summed E-state index contributed by atoms with van der Waals surface area (Å²) in [7, 11) is -3.46. The highest BCUT2D eigenvalue weighted by atomic mass is 32.2. The molecule has 3 rings (SSSR count). The van der Waals surface area contributed by atoms with Gasteiger partial charge in [0.25, 0.3) is 11.8 Å². The van der Waals surface area contributed by atoms with Crippen LogP contribution in [-0.2, 0) is 9.84 Å². The number of benzene rings is 1. The van der Waals surface area contributed by atoms with E-state index < -0.39 is 39.6 Å². The van der Waals surface area contributed by atoms with E-state index in [1.807, 2.05) is 0 Å². The zero-order chi connectivity index (χ0) is 19.6. The van der Waals surface area contributed by atoms with Crippen molar-refractivity contribution in [1.82, 2.24) is 15.6 Å². The standard InChI is InChI=1S/C17H16FN3O5S/c18-12-4-1-10(2-5-12)16(23)20-13-8-27(25,26)9-14(13)21-17(24)11-3-6-15(22)19-7-11/h1-7,13-14H,8-9H2,(H,19,22)(H,20,23)(H,21,24)/t13-,14-/m1/s1. The number of amides is 2. The lowest BCUT2D eigenvalue weighted by Gasteiger charge is -2.20. The van der Waals surface area contributed by atoms with Crippen molar-refractivity contribution in [3.63, 3.8) is 0 Å². The zero-order valence-electron chi connectivity index (χ0n) is 13.9. The Morgan fingerprint density at radius 2 is 1.44 bits per heavy atom. The quantitative estimate of drug-likeness (QED) is 0.666. The highest BCUT2D eigenvalue weighted by molar-refractivity contribution is 7.91. The number of nitrogens with one attached hydrogen (secondary N) is 3. The van der Waals surface area contributed by atoms with Crippen LogP contribution in [0.1, 0.15) is 20.7 Å². The molecule has 2 heterocycles. The third-order valence-electron chi connectivity index (χ3n) is 4.14. The molecule has 0 aliphatic carbocycles. The second-order valence-electron chi connectivity index (χ2n) is 6.19. The highest BCUT2D eigenvalue weighted by Gasteiger charge is 2.39. The number of carbonyl (C=O) groups is 2. The summed E-state index contributed by atoms with van der Waals surface area (Å²) in [6.07, 6.45) is 1.22. The molecule has 27 heavy (non-hydrogen) atoms. The lowest BCUT2D eigenvalue weighted by molar-refractivity contribution is 0.0896. The van der Waals surface area contributed by atoms with Gasteiger partial charge in [0.1, 0.15) is 5.82 Å². The van der Waals surface area contributed by atoms with Gasteiger partial charge in [0.05, 0.1) is 29.2 Å². The molecule has 1 aromatic heterocycles. The third-order valence-corrected chi connectivity index (χ3v) is 5.87. The Morgan fingerprint density at radius 3 is 1.96 bits per heavy atom. The van der Waals surface area contributed by atoms with Gasteiger partial charge in [0.15, 0.2) is 9.84 Å². The Bertz CT molecular complexity index is 1010. The predicted molar refractivity (Wildman–Crippen MR) is 94.6 cm³/mol. The molecule has 2 atom stereocenters. The maximum absolute atomic E-state index is 13.0. The van der Waals surface area contributed by atoms with Gasteiger partial charge < -0.3 is 15.6 Å². The van der Waals surface area contributed by atoms with E-state index in [0.29, 0.717) is 0 Å². The van der Waals surface area contributed by atoms with Crippen LogP contribution in [0.2, 0.25) is 0 Å². The minimum absolute atomic E-state index is 0.155. The summed E-state index contributed by atoms with van der Waals surface area (Å²) in [6, 6.07) is 5.62. The Hall–Kier alpha value is -3.01. The maximum Gasteiger partial charge on any atom is 0.253 e. The number of sulfone groups is 1. The number of aromatic nitrogens is 1. The van der Waals surface area contributed by atoms with E-state index in [1.165, 1.54) is 30.5 Å². The second-order valence-corrected chi connectivity index (χ2v) is 8.34. The van der Waals surface area contributed by atoms with Crippen LogP contribution in [0, 0.1) is 5.82 Å². The third kappa shape index (κ3) is 4.59. The lowest BCUT2D eigenvalue weighted by atomic mass is 10.1. The summed E-state index contributed by atoms with van der Waals surface area (Å²) in [4.78, 5) is 38.0. The smallest absolute Gasteiger partial charge is 0.253 e. The van der Waals surface area contributed by atoms with Crippen LogP contribution in [0.3, 0.4) is 0 Å². The molecular weight excluding hydrogens is 377 g/mol. The molecule has 2 amide bonds. The summed E-state index contributed by atoms with van der Waals surface area (Å²) in [5.74, 6) is -2.29. The Labute approximate surface area is 153 Å². The molecule has 3 N–H and O–H groups in total. The summed E-state index contributed by atoms with van der Waals surface area (Å²) in [6.45, 7) is 0. The van der Waals surface area contributed by atoms with Gasteiger partial charge in [-0.3, -0.25) is 14.4 Å². The van der Waals surface area contributed by atoms with Crippen molar-refractivity contribution in [3.05, 3.63) is 69.9 Å². The largest absolute Gasteiger partial charge is 0.346 e. The molecule has 1 fully saturated rings. The van der Waals surface area contributed by atoms with Crippen molar-refractivity contribution in [2.24, 2.45) is 0 Å². The van der Waals surface area contributed by atoms with E-state index in [-0.39, 0.29) is 28.2 Å². The van der Waals surface area contributed by atoms with Gasteiger partial charge in [0, 0.05) is 17.8 Å². The maximum atomic E-state index is 13.0. The van der Waals surface area contributed by atoms with Crippen LogP contribution in [0.15, 0.2) is 47.4 Å². The molecule has 142 valence electrons. The Morgan fingerprint density at radius 1 is 0.926 bits per heavy atom. The molecule has 0 saturated carbocycles. The van der Waals surface area contributed by atoms with E-state index in [0.717, 1.165) is 12.1 Å². The van der Waals surface area contributed by atoms with Crippen LogP contribution in [0.25, 0.3) is 0 Å². The second kappa shape index (κ2) is 7.31. The Kier molecular flexibility index (Phi) is 5.08. The molecule has 1 saturated heterocycles. The number of aromatic amines is 1. The number of hydrogen-bond acceptors (Lipinski definition) is 5. The van der Waals surface area contributed by atoms with E-state index >= 15 is 0 Å². The average Bonchev–Trinajstić information content (AvgIpc) is 2.89. The van der Waals surface area contributed by atoms with Crippen LogP contribution in [0.5, 0.6) is 0 Å². The van der Waals surface area contributed by atoms with E-state index in [2.05, 4.69) is 15.6 Å². The molecule has 8 nitrogen and oxygen atoms in total. The summed E-state index contributed by atoms with van der Waals surface area (Å²) < 4.78 is 36.9. The number of rotatable bonds is 4. The van der Waals surface area contributed by atoms with Gasteiger partial charge in [-0.1, -0.05) is 0 Å². The zero-order valence-corrected chi connectivity index (χ0v) is 14.8. The fourth-order valence-electron chi connectivity index (χ4n) is 2.79. The van der Waals surface area contributed by atoms with Gasteiger partial charge in [-0.2, -0.15) is 0 Å². The number of carbonyl (C=O) groups excluding carboxylic acids is 2. The molecular formula is C17H16FN3O5S. The van der Waals surface area contributed by atoms with Crippen molar-refractivity contribution in [1.29, 1.82) is 0 Å². The number of H-pyrrole nitrogens is 1. The minimum atomic E-state index is -3.46. The lowest BCUT2D eigenvalue weighted by Crippen LogP contribution is -2.51. The molecule has 1 aromatic carbocycles. The van der Waals surface area contributed by atoms with Crippen molar-refractivity contribution in [3.8, 4) is 0 Å². The van der Waals surface area contributed by atoms with Crippen molar-refractivity contribution in [2.75, 3.05) is 11.5 Å². The molecule has 2 aromatic rings. The number of hydrogen-bond donors (Lipinski definition) is 3. The molecule has 0 bridgehead atoms. The van der Waals surface area contributed by atoms with Crippen molar-refractivity contribution < 1.29 is 22.4 Å². The molecule has 1 aliphatic heterocycles. The average molecular weight is 393 g/mol. The first-order valence-electron chi connectivity index (χ1n) is 8.00. The first-order chi connectivity index (χ1) is 12.7. The van der Waals surface area contributed by atoms with Gasteiger partial charge in [-0.25, -0.2) is 12.8 Å². The monoisotopic (exact) mass is 393 g/mol. The first-order valence-corrected chi connectivity index (χ1v) is 9.82. The van der Waals surface area contributed by atoms with Crippen LogP contribution in [0.4, 0.5) is 4.39 Å².